The first-order valence-electron chi connectivity index (χ1n) is 8.97. The normalized spacial score (nSPS) is 27.6. The van der Waals surface area contributed by atoms with Crippen LogP contribution in [0.15, 0.2) is 0 Å². The molecule has 0 aromatic heterocycles. The van der Waals surface area contributed by atoms with E-state index in [9.17, 15) is 4.79 Å². The van der Waals surface area contributed by atoms with E-state index in [2.05, 4.69) is 49.7 Å². The molecule has 0 saturated carbocycles. The molecule has 2 aliphatic rings. The van der Waals surface area contributed by atoms with Crippen molar-refractivity contribution in [1.29, 1.82) is 0 Å². The van der Waals surface area contributed by atoms with E-state index in [0.717, 1.165) is 38.9 Å². The molecule has 134 valence electrons. The van der Waals surface area contributed by atoms with Gasteiger partial charge in [0.2, 0.25) is 5.91 Å². The van der Waals surface area contributed by atoms with Gasteiger partial charge in [-0.1, -0.05) is 0 Å². The molecule has 5 heteroatoms. The van der Waals surface area contributed by atoms with E-state index < -0.39 is 0 Å². The van der Waals surface area contributed by atoms with Crippen molar-refractivity contribution in [2.45, 2.75) is 77.1 Å². The summed E-state index contributed by atoms with van der Waals surface area (Å²) in [4.78, 5) is 17.5. The van der Waals surface area contributed by atoms with Gasteiger partial charge in [0.15, 0.2) is 0 Å². The molecule has 2 fully saturated rings. The third-order valence-corrected chi connectivity index (χ3v) is 5.45. The lowest BCUT2D eigenvalue weighted by molar-refractivity contribution is -0.127. The Bertz CT molecular complexity index is 417. The molecular weight excluding hydrogens is 290 g/mol. The average molecular weight is 325 g/mol. The van der Waals surface area contributed by atoms with Crippen LogP contribution in [-0.4, -0.2) is 72.2 Å². The molecule has 1 N–H and O–H groups in total. The largest absolute Gasteiger partial charge is 0.380 e. The van der Waals surface area contributed by atoms with Crippen molar-refractivity contribution >= 4 is 5.91 Å². The summed E-state index contributed by atoms with van der Waals surface area (Å²) >= 11 is 0. The molecule has 1 amide bonds. The first-order valence-corrected chi connectivity index (χ1v) is 8.97. The monoisotopic (exact) mass is 325 g/mol. The zero-order valence-electron chi connectivity index (χ0n) is 15.8. The Morgan fingerprint density at radius 1 is 1.17 bits per heavy atom. The molecule has 0 aliphatic carbocycles. The van der Waals surface area contributed by atoms with Gasteiger partial charge in [0.1, 0.15) is 0 Å². The number of rotatable bonds is 5. The predicted octanol–water partition coefficient (Wildman–Crippen LogP) is 1.86. The molecule has 0 radical (unpaired) electrons. The first-order chi connectivity index (χ1) is 10.6. The average Bonchev–Trinajstić information content (AvgIpc) is 3.12. The van der Waals surface area contributed by atoms with Gasteiger partial charge in [0.25, 0.3) is 0 Å². The molecule has 0 aromatic carbocycles. The zero-order chi connectivity index (χ0) is 17.3. The second-order valence-corrected chi connectivity index (χ2v) is 8.64. The highest BCUT2D eigenvalue weighted by molar-refractivity contribution is 5.82. The highest BCUT2D eigenvalue weighted by Gasteiger charge is 2.38. The fourth-order valence-electron chi connectivity index (χ4n) is 3.85. The maximum atomic E-state index is 12.7. The molecule has 2 aliphatic heterocycles. The Morgan fingerprint density at radius 3 is 2.43 bits per heavy atom. The van der Waals surface area contributed by atoms with Crippen LogP contribution >= 0.6 is 0 Å². The Kier molecular flexibility index (Phi) is 5.75. The summed E-state index contributed by atoms with van der Waals surface area (Å²) in [6, 6.07) is 0.0242. The van der Waals surface area contributed by atoms with Crippen LogP contribution < -0.4 is 5.32 Å². The van der Waals surface area contributed by atoms with Crippen LogP contribution in [0.3, 0.4) is 0 Å². The van der Waals surface area contributed by atoms with Crippen molar-refractivity contribution < 1.29 is 9.53 Å². The summed E-state index contributed by atoms with van der Waals surface area (Å²) < 4.78 is 5.46. The highest BCUT2D eigenvalue weighted by Crippen LogP contribution is 2.27. The second-order valence-electron chi connectivity index (χ2n) is 8.64. The fourth-order valence-corrected chi connectivity index (χ4v) is 3.85. The van der Waals surface area contributed by atoms with Crippen molar-refractivity contribution in [3.05, 3.63) is 0 Å². The van der Waals surface area contributed by atoms with Gasteiger partial charge < -0.3 is 10.1 Å². The number of carbonyl (C=O) groups is 1. The number of ether oxygens (including phenoxy) is 1. The fraction of sp³-hybridized carbons (Fsp3) is 0.944. The van der Waals surface area contributed by atoms with Gasteiger partial charge in [-0.3, -0.25) is 14.6 Å². The summed E-state index contributed by atoms with van der Waals surface area (Å²) in [6.07, 6.45) is 3.49. The smallest absolute Gasteiger partial charge is 0.237 e. The van der Waals surface area contributed by atoms with Gasteiger partial charge in [-0.05, 0) is 60.4 Å². The summed E-state index contributed by atoms with van der Waals surface area (Å²) in [5, 5.41) is 3.21. The van der Waals surface area contributed by atoms with Crippen LogP contribution in [-0.2, 0) is 9.53 Å². The molecule has 5 nitrogen and oxygen atoms in total. The lowest BCUT2D eigenvalue weighted by atomic mass is 10.0. The number of carbonyl (C=O) groups excluding carboxylic acids is 1. The Labute approximate surface area is 141 Å². The minimum atomic E-state index is -0.0336. The van der Waals surface area contributed by atoms with E-state index in [0.29, 0.717) is 12.6 Å². The number of nitrogens with zero attached hydrogens (tertiary/aromatic N) is 2. The number of nitrogens with one attached hydrogen (secondary N) is 1. The quantitative estimate of drug-likeness (QED) is 0.838. The Balaban J connectivity index is 1.88. The van der Waals surface area contributed by atoms with E-state index >= 15 is 0 Å². The first kappa shape index (κ1) is 18.7. The van der Waals surface area contributed by atoms with Crippen molar-refractivity contribution in [2.24, 2.45) is 0 Å². The molecule has 2 heterocycles. The van der Waals surface area contributed by atoms with Crippen molar-refractivity contribution in [3.8, 4) is 0 Å². The van der Waals surface area contributed by atoms with E-state index in [1.54, 1.807) is 7.11 Å². The Hall–Kier alpha value is -0.650. The minimum absolute atomic E-state index is 0.0242. The molecule has 2 saturated heterocycles. The molecule has 23 heavy (non-hydrogen) atoms. The van der Waals surface area contributed by atoms with Crippen LogP contribution in [0, 0.1) is 0 Å². The number of methoxy groups -OCH3 is 1. The molecule has 0 aromatic rings. The van der Waals surface area contributed by atoms with Crippen molar-refractivity contribution in [1.82, 2.24) is 15.1 Å². The van der Waals surface area contributed by atoms with Gasteiger partial charge >= 0.3 is 0 Å². The minimum Gasteiger partial charge on any atom is -0.380 e. The second kappa shape index (κ2) is 7.08. The van der Waals surface area contributed by atoms with Crippen LogP contribution in [0.2, 0.25) is 0 Å². The maximum absolute atomic E-state index is 12.7. The van der Waals surface area contributed by atoms with Crippen LogP contribution in [0.1, 0.15) is 53.9 Å². The van der Waals surface area contributed by atoms with E-state index in [1.807, 2.05) is 0 Å². The van der Waals surface area contributed by atoms with Gasteiger partial charge in [0, 0.05) is 37.8 Å². The SMILES string of the molecule is CO[C@H]1CCN(C(C)(C)CNC(=O)[C@H]2CCCN2C(C)(C)C)C1. The molecule has 2 rings (SSSR count). The predicted molar refractivity (Wildman–Crippen MR) is 93.6 cm³/mol. The zero-order valence-corrected chi connectivity index (χ0v) is 15.8. The topological polar surface area (TPSA) is 44.8 Å². The van der Waals surface area contributed by atoms with E-state index in [4.69, 9.17) is 4.74 Å². The van der Waals surface area contributed by atoms with Crippen molar-refractivity contribution in [2.75, 3.05) is 33.3 Å². The van der Waals surface area contributed by atoms with Gasteiger partial charge in [-0.2, -0.15) is 0 Å². The summed E-state index contributed by atoms with van der Waals surface area (Å²) in [5.41, 5.74) is 0.0166. The van der Waals surface area contributed by atoms with Crippen LogP contribution in [0.4, 0.5) is 0 Å². The lowest BCUT2D eigenvalue weighted by Gasteiger charge is -2.38. The highest BCUT2D eigenvalue weighted by atomic mass is 16.5. The van der Waals surface area contributed by atoms with Gasteiger partial charge in [-0.15, -0.1) is 0 Å². The van der Waals surface area contributed by atoms with Gasteiger partial charge in [0.05, 0.1) is 12.1 Å². The lowest BCUT2D eigenvalue weighted by Crippen LogP contribution is -2.55. The summed E-state index contributed by atoms with van der Waals surface area (Å²) in [5.74, 6) is 0.188. The number of hydrogen-bond donors (Lipinski definition) is 1. The third kappa shape index (κ3) is 4.46. The molecule has 2 atom stereocenters. The molecule has 0 unspecified atom stereocenters. The molecule has 0 bridgehead atoms. The number of hydrogen-bond acceptors (Lipinski definition) is 4. The van der Waals surface area contributed by atoms with Crippen LogP contribution in [0.25, 0.3) is 0 Å². The van der Waals surface area contributed by atoms with Crippen molar-refractivity contribution in [3.63, 3.8) is 0 Å². The number of amides is 1. The van der Waals surface area contributed by atoms with Gasteiger partial charge in [-0.25, -0.2) is 0 Å². The van der Waals surface area contributed by atoms with Crippen LogP contribution in [0.5, 0.6) is 0 Å². The molecule has 0 spiro atoms. The maximum Gasteiger partial charge on any atom is 0.237 e. The summed E-state index contributed by atoms with van der Waals surface area (Å²) in [6.45, 7) is 14.7. The standard InChI is InChI=1S/C18H35N3O2/c1-17(2,3)21-10-7-8-15(21)16(22)19-13-18(4,5)20-11-9-14(12-20)23-6/h14-15H,7-13H2,1-6H3,(H,19,22)/t14-,15+/m0/s1. The Morgan fingerprint density at radius 2 is 1.87 bits per heavy atom. The van der Waals surface area contributed by atoms with E-state index in [1.165, 1.54) is 0 Å². The summed E-state index contributed by atoms with van der Waals surface area (Å²) in [7, 11) is 1.78. The molecular formula is C18H35N3O2. The van der Waals surface area contributed by atoms with E-state index in [-0.39, 0.29) is 23.0 Å². The number of likely N-dealkylation sites (tertiary alicyclic amines) is 2. The third-order valence-electron chi connectivity index (χ3n) is 5.45.